The van der Waals surface area contributed by atoms with Crippen molar-refractivity contribution < 1.29 is 5.11 Å². The minimum atomic E-state index is -0.318. The highest BCUT2D eigenvalue weighted by molar-refractivity contribution is 5.79. The summed E-state index contributed by atoms with van der Waals surface area (Å²) < 4.78 is 0. The Morgan fingerprint density at radius 3 is 3.00 bits per heavy atom. The van der Waals surface area contributed by atoms with Crippen molar-refractivity contribution >= 4 is 10.9 Å². The summed E-state index contributed by atoms with van der Waals surface area (Å²) >= 11 is 0. The standard InChI is InChI=1S/C17H21NO/c1-2-12-5-6-14(10-12)17(19)15-7-8-16-13(11-15)4-3-9-18-16/h3-4,7-9,11-12,14,17,19H,2,5-6,10H2,1H3. The van der Waals surface area contributed by atoms with Gasteiger partial charge in [0.2, 0.25) is 0 Å². The Morgan fingerprint density at radius 2 is 2.21 bits per heavy atom. The van der Waals surface area contributed by atoms with Gasteiger partial charge in [0.15, 0.2) is 0 Å². The largest absolute Gasteiger partial charge is 0.388 e. The van der Waals surface area contributed by atoms with Gasteiger partial charge in [-0.1, -0.05) is 31.9 Å². The summed E-state index contributed by atoms with van der Waals surface area (Å²) in [5, 5.41) is 11.7. The second kappa shape index (κ2) is 5.30. The molecule has 1 aliphatic rings. The molecule has 1 N–H and O–H groups in total. The number of aliphatic hydroxyl groups excluding tert-OH is 1. The molecule has 3 unspecified atom stereocenters. The maximum atomic E-state index is 10.6. The number of nitrogens with zero attached hydrogens (tertiary/aromatic N) is 1. The lowest BCUT2D eigenvalue weighted by Gasteiger charge is -2.19. The molecule has 0 amide bonds. The van der Waals surface area contributed by atoms with Crippen LogP contribution in [-0.2, 0) is 0 Å². The monoisotopic (exact) mass is 255 g/mol. The number of pyridine rings is 1. The zero-order valence-electron chi connectivity index (χ0n) is 11.4. The second-order valence-corrected chi connectivity index (χ2v) is 5.75. The summed E-state index contributed by atoms with van der Waals surface area (Å²) in [6.07, 6.45) is 6.33. The summed E-state index contributed by atoms with van der Waals surface area (Å²) in [6, 6.07) is 10.1. The first-order chi connectivity index (χ1) is 9.28. The lowest BCUT2D eigenvalue weighted by molar-refractivity contribution is 0.109. The third-order valence-electron chi connectivity index (χ3n) is 4.57. The number of rotatable bonds is 3. The lowest BCUT2D eigenvalue weighted by Crippen LogP contribution is -2.09. The van der Waals surface area contributed by atoms with E-state index in [0.717, 1.165) is 28.8 Å². The average molecular weight is 255 g/mol. The fraction of sp³-hybridized carbons (Fsp3) is 0.471. The van der Waals surface area contributed by atoms with E-state index in [2.05, 4.69) is 24.0 Å². The smallest absolute Gasteiger partial charge is 0.0818 e. The third kappa shape index (κ3) is 2.50. The normalized spacial score (nSPS) is 24.7. The average Bonchev–Trinajstić information content (AvgIpc) is 2.95. The first kappa shape index (κ1) is 12.6. The number of benzene rings is 1. The Balaban J connectivity index is 1.83. The van der Waals surface area contributed by atoms with Gasteiger partial charge in [-0.3, -0.25) is 4.98 Å². The highest BCUT2D eigenvalue weighted by atomic mass is 16.3. The van der Waals surface area contributed by atoms with Gasteiger partial charge in [-0.15, -0.1) is 0 Å². The van der Waals surface area contributed by atoms with Crippen LogP contribution in [0.25, 0.3) is 10.9 Å². The van der Waals surface area contributed by atoms with Crippen molar-refractivity contribution in [2.45, 2.75) is 38.7 Å². The Kier molecular flexibility index (Phi) is 3.52. The van der Waals surface area contributed by atoms with E-state index in [0.29, 0.717) is 5.92 Å². The fourth-order valence-electron chi connectivity index (χ4n) is 3.32. The SMILES string of the molecule is CCC1CCC(C(O)c2ccc3ncccc3c2)C1. The zero-order chi connectivity index (χ0) is 13.2. The maximum Gasteiger partial charge on any atom is 0.0818 e. The highest BCUT2D eigenvalue weighted by Crippen LogP contribution is 2.40. The fourth-order valence-corrected chi connectivity index (χ4v) is 3.32. The van der Waals surface area contributed by atoms with Crippen LogP contribution in [0, 0.1) is 11.8 Å². The van der Waals surface area contributed by atoms with E-state index in [9.17, 15) is 5.11 Å². The van der Waals surface area contributed by atoms with E-state index in [4.69, 9.17) is 0 Å². The molecular formula is C17H21NO. The van der Waals surface area contributed by atoms with E-state index in [-0.39, 0.29) is 6.10 Å². The molecule has 3 atom stereocenters. The lowest BCUT2D eigenvalue weighted by atomic mass is 9.92. The van der Waals surface area contributed by atoms with Gasteiger partial charge in [-0.25, -0.2) is 0 Å². The zero-order valence-corrected chi connectivity index (χ0v) is 11.4. The van der Waals surface area contributed by atoms with Crippen LogP contribution in [-0.4, -0.2) is 10.1 Å². The van der Waals surface area contributed by atoms with Gasteiger partial charge < -0.3 is 5.11 Å². The second-order valence-electron chi connectivity index (χ2n) is 5.75. The van der Waals surface area contributed by atoms with Crippen molar-refractivity contribution in [1.82, 2.24) is 4.98 Å². The van der Waals surface area contributed by atoms with Gasteiger partial charge in [0, 0.05) is 11.6 Å². The molecule has 1 aromatic heterocycles. The first-order valence-corrected chi connectivity index (χ1v) is 7.30. The van der Waals surface area contributed by atoms with Gasteiger partial charge in [0.25, 0.3) is 0 Å². The van der Waals surface area contributed by atoms with Crippen LogP contribution in [0.2, 0.25) is 0 Å². The minimum absolute atomic E-state index is 0.318. The van der Waals surface area contributed by atoms with Gasteiger partial charge in [-0.05, 0) is 48.4 Å². The van der Waals surface area contributed by atoms with E-state index < -0.39 is 0 Å². The maximum absolute atomic E-state index is 10.6. The van der Waals surface area contributed by atoms with E-state index in [1.54, 1.807) is 6.20 Å². The molecule has 1 fully saturated rings. The number of aliphatic hydroxyl groups is 1. The van der Waals surface area contributed by atoms with Crippen LogP contribution in [0.3, 0.4) is 0 Å². The van der Waals surface area contributed by atoms with E-state index in [1.165, 1.54) is 19.3 Å². The van der Waals surface area contributed by atoms with Gasteiger partial charge in [0.1, 0.15) is 0 Å². The molecule has 1 saturated carbocycles. The Hall–Kier alpha value is -1.41. The van der Waals surface area contributed by atoms with Gasteiger partial charge in [0.05, 0.1) is 11.6 Å². The summed E-state index contributed by atoms with van der Waals surface area (Å²) in [5.41, 5.74) is 2.04. The molecule has 0 saturated heterocycles. The molecular weight excluding hydrogens is 234 g/mol. The Bertz CT molecular complexity index is 566. The summed E-state index contributed by atoms with van der Waals surface area (Å²) in [4.78, 5) is 4.32. The highest BCUT2D eigenvalue weighted by Gasteiger charge is 2.29. The van der Waals surface area contributed by atoms with Crippen LogP contribution in [0.15, 0.2) is 36.5 Å². The van der Waals surface area contributed by atoms with E-state index in [1.807, 2.05) is 18.2 Å². The molecule has 0 aliphatic heterocycles. The molecule has 0 spiro atoms. The predicted octanol–water partition coefficient (Wildman–Crippen LogP) is 4.09. The molecule has 19 heavy (non-hydrogen) atoms. The molecule has 2 nitrogen and oxygen atoms in total. The molecule has 0 bridgehead atoms. The van der Waals surface area contributed by atoms with E-state index >= 15 is 0 Å². The number of aromatic nitrogens is 1. The molecule has 3 rings (SSSR count). The van der Waals surface area contributed by atoms with Crippen LogP contribution >= 0.6 is 0 Å². The molecule has 1 heterocycles. The summed E-state index contributed by atoms with van der Waals surface area (Å²) in [7, 11) is 0. The molecule has 1 aliphatic carbocycles. The molecule has 2 heteroatoms. The minimum Gasteiger partial charge on any atom is -0.388 e. The molecule has 100 valence electrons. The topological polar surface area (TPSA) is 33.1 Å². The van der Waals surface area contributed by atoms with Crippen LogP contribution in [0.4, 0.5) is 0 Å². The van der Waals surface area contributed by atoms with Crippen molar-refractivity contribution in [1.29, 1.82) is 0 Å². The van der Waals surface area contributed by atoms with Gasteiger partial charge in [-0.2, -0.15) is 0 Å². The molecule has 1 aromatic carbocycles. The van der Waals surface area contributed by atoms with Crippen LogP contribution in [0.1, 0.15) is 44.3 Å². The summed E-state index contributed by atoms with van der Waals surface area (Å²) in [6.45, 7) is 2.25. The number of hydrogen-bond donors (Lipinski definition) is 1. The van der Waals surface area contributed by atoms with Crippen molar-refractivity contribution in [2.75, 3.05) is 0 Å². The van der Waals surface area contributed by atoms with Crippen LogP contribution in [0.5, 0.6) is 0 Å². The van der Waals surface area contributed by atoms with Crippen molar-refractivity contribution in [2.24, 2.45) is 11.8 Å². The summed E-state index contributed by atoms with van der Waals surface area (Å²) in [5.74, 6) is 1.24. The first-order valence-electron chi connectivity index (χ1n) is 7.30. The third-order valence-corrected chi connectivity index (χ3v) is 4.57. The predicted molar refractivity (Wildman–Crippen MR) is 77.8 cm³/mol. The van der Waals surface area contributed by atoms with Crippen molar-refractivity contribution in [3.8, 4) is 0 Å². The number of hydrogen-bond acceptors (Lipinski definition) is 2. The van der Waals surface area contributed by atoms with Crippen molar-refractivity contribution in [3.63, 3.8) is 0 Å². The van der Waals surface area contributed by atoms with Crippen molar-refractivity contribution in [3.05, 3.63) is 42.1 Å². The molecule has 2 aromatic rings. The van der Waals surface area contributed by atoms with Crippen LogP contribution < -0.4 is 0 Å². The Morgan fingerprint density at radius 1 is 1.32 bits per heavy atom. The Labute approximate surface area is 114 Å². The quantitative estimate of drug-likeness (QED) is 0.896. The van der Waals surface area contributed by atoms with Gasteiger partial charge >= 0.3 is 0 Å². The molecule has 0 radical (unpaired) electrons. The number of fused-ring (bicyclic) bond motifs is 1.